The van der Waals surface area contributed by atoms with Crippen LogP contribution in [0.3, 0.4) is 0 Å². The molecule has 0 bridgehead atoms. The summed E-state index contributed by atoms with van der Waals surface area (Å²) in [6, 6.07) is 0.0710. The molecule has 0 aliphatic heterocycles. The van der Waals surface area contributed by atoms with Gasteiger partial charge in [-0.2, -0.15) is 0 Å². The molecule has 3 nitrogen and oxygen atoms in total. The topological polar surface area (TPSA) is 42.0 Å². The van der Waals surface area contributed by atoms with E-state index in [-0.39, 0.29) is 17.9 Å². The van der Waals surface area contributed by atoms with Gasteiger partial charge in [-0.05, 0) is 12.8 Å². The van der Waals surface area contributed by atoms with Gasteiger partial charge >= 0.3 is 0 Å². The third-order valence-corrected chi connectivity index (χ3v) is 3.19. The molecule has 0 saturated heterocycles. The van der Waals surface area contributed by atoms with Crippen LogP contribution in [0.5, 0.6) is 0 Å². The average molecular weight is 233 g/mol. The van der Waals surface area contributed by atoms with Crippen molar-refractivity contribution in [1.82, 2.24) is 10.3 Å². The van der Waals surface area contributed by atoms with E-state index in [1.54, 1.807) is 10.9 Å². The quantitative estimate of drug-likeness (QED) is 0.809. The SMILES string of the molecule is CC(CCl)C(C)NC(=O)c1cscn1. The first kappa shape index (κ1) is 11.5. The van der Waals surface area contributed by atoms with Gasteiger partial charge < -0.3 is 5.32 Å². The van der Waals surface area contributed by atoms with E-state index in [1.165, 1.54) is 11.3 Å². The minimum absolute atomic E-state index is 0.0710. The first-order valence-corrected chi connectivity index (χ1v) is 5.88. The number of halogens is 1. The third kappa shape index (κ3) is 2.96. The van der Waals surface area contributed by atoms with Crippen LogP contribution in [0.15, 0.2) is 10.9 Å². The molecule has 0 radical (unpaired) electrons. The molecule has 0 fully saturated rings. The largest absolute Gasteiger partial charge is 0.348 e. The van der Waals surface area contributed by atoms with Crippen LogP contribution in [0.4, 0.5) is 0 Å². The third-order valence-electron chi connectivity index (χ3n) is 2.12. The second-order valence-corrected chi connectivity index (χ2v) is 4.29. The summed E-state index contributed by atoms with van der Waals surface area (Å²) in [4.78, 5) is 15.5. The Morgan fingerprint density at radius 2 is 2.43 bits per heavy atom. The number of thiazole rings is 1. The molecule has 78 valence electrons. The lowest BCUT2D eigenvalue weighted by Crippen LogP contribution is -2.37. The summed E-state index contributed by atoms with van der Waals surface area (Å²) in [5, 5.41) is 4.58. The molecule has 0 spiro atoms. The minimum atomic E-state index is -0.129. The number of carbonyl (C=O) groups excluding carboxylic acids is 1. The molecule has 5 heteroatoms. The molecule has 1 aromatic rings. The number of carbonyl (C=O) groups is 1. The van der Waals surface area contributed by atoms with Gasteiger partial charge in [0.15, 0.2) is 0 Å². The van der Waals surface area contributed by atoms with Gasteiger partial charge in [0.05, 0.1) is 5.51 Å². The highest BCUT2D eigenvalue weighted by atomic mass is 35.5. The minimum Gasteiger partial charge on any atom is -0.348 e. The highest BCUT2D eigenvalue weighted by Gasteiger charge is 2.15. The van der Waals surface area contributed by atoms with E-state index in [0.717, 1.165) is 0 Å². The van der Waals surface area contributed by atoms with Crippen LogP contribution in [0.1, 0.15) is 24.3 Å². The monoisotopic (exact) mass is 232 g/mol. The molecule has 1 N–H and O–H groups in total. The number of hydrogen-bond donors (Lipinski definition) is 1. The van der Waals surface area contributed by atoms with E-state index in [2.05, 4.69) is 10.3 Å². The first-order chi connectivity index (χ1) is 6.65. The highest BCUT2D eigenvalue weighted by molar-refractivity contribution is 7.07. The number of alkyl halides is 1. The fraction of sp³-hybridized carbons (Fsp3) is 0.556. The molecule has 1 heterocycles. The zero-order valence-corrected chi connectivity index (χ0v) is 9.73. The van der Waals surface area contributed by atoms with Crippen LogP contribution in [0.25, 0.3) is 0 Å². The van der Waals surface area contributed by atoms with Crippen molar-refractivity contribution in [3.8, 4) is 0 Å². The molecular formula is C9H13ClN2OS. The van der Waals surface area contributed by atoms with Gasteiger partial charge in [0.25, 0.3) is 5.91 Å². The van der Waals surface area contributed by atoms with Crippen molar-refractivity contribution in [2.24, 2.45) is 5.92 Å². The average Bonchev–Trinajstić information content (AvgIpc) is 2.69. The summed E-state index contributed by atoms with van der Waals surface area (Å²) in [5.41, 5.74) is 2.12. The Hall–Kier alpha value is -0.610. The predicted octanol–water partition coefficient (Wildman–Crippen LogP) is 2.14. The Morgan fingerprint density at radius 3 is 2.93 bits per heavy atom. The maximum Gasteiger partial charge on any atom is 0.270 e. The molecular weight excluding hydrogens is 220 g/mol. The van der Waals surface area contributed by atoms with Crippen LogP contribution in [0, 0.1) is 5.92 Å². The number of nitrogens with zero attached hydrogens (tertiary/aromatic N) is 1. The van der Waals surface area contributed by atoms with Crippen LogP contribution in [-0.2, 0) is 0 Å². The molecule has 0 aliphatic rings. The lowest BCUT2D eigenvalue weighted by molar-refractivity contribution is 0.0926. The van der Waals surface area contributed by atoms with Crippen molar-refractivity contribution in [3.05, 3.63) is 16.6 Å². The maximum absolute atomic E-state index is 11.5. The Kier molecular flexibility index (Phi) is 4.35. The summed E-state index contributed by atoms with van der Waals surface area (Å²) in [7, 11) is 0. The van der Waals surface area contributed by atoms with Gasteiger partial charge in [-0.25, -0.2) is 4.98 Å². The van der Waals surface area contributed by atoms with E-state index >= 15 is 0 Å². The molecule has 2 atom stereocenters. The van der Waals surface area contributed by atoms with E-state index in [9.17, 15) is 4.79 Å². The van der Waals surface area contributed by atoms with Crippen LogP contribution in [-0.4, -0.2) is 22.8 Å². The molecule has 1 rings (SSSR count). The van der Waals surface area contributed by atoms with Crippen LogP contribution in [0.2, 0.25) is 0 Å². The highest BCUT2D eigenvalue weighted by Crippen LogP contribution is 2.06. The maximum atomic E-state index is 11.5. The summed E-state index contributed by atoms with van der Waals surface area (Å²) < 4.78 is 0. The number of amides is 1. The molecule has 1 amide bonds. The van der Waals surface area contributed by atoms with Gasteiger partial charge in [0.1, 0.15) is 5.69 Å². The lowest BCUT2D eigenvalue weighted by Gasteiger charge is -2.18. The van der Waals surface area contributed by atoms with Crippen molar-refractivity contribution < 1.29 is 4.79 Å². The van der Waals surface area contributed by atoms with E-state index < -0.39 is 0 Å². The number of aromatic nitrogens is 1. The van der Waals surface area contributed by atoms with Gasteiger partial charge in [-0.15, -0.1) is 22.9 Å². The predicted molar refractivity (Wildman–Crippen MR) is 58.9 cm³/mol. The van der Waals surface area contributed by atoms with Gasteiger partial charge in [0.2, 0.25) is 0 Å². The Labute approximate surface area is 92.5 Å². The van der Waals surface area contributed by atoms with Gasteiger partial charge in [-0.1, -0.05) is 6.92 Å². The molecule has 2 unspecified atom stereocenters. The lowest BCUT2D eigenvalue weighted by atomic mass is 10.1. The Bertz CT molecular complexity index is 289. The summed E-state index contributed by atoms with van der Waals surface area (Å²) in [6.45, 7) is 3.94. The molecule has 1 aromatic heterocycles. The second kappa shape index (κ2) is 5.32. The van der Waals surface area contributed by atoms with Crippen LogP contribution >= 0.6 is 22.9 Å². The summed E-state index contributed by atoms with van der Waals surface area (Å²) in [6.07, 6.45) is 0. The number of rotatable bonds is 4. The fourth-order valence-electron chi connectivity index (χ4n) is 0.881. The molecule has 0 saturated carbocycles. The zero-order chi connectivity index (χ0) is 10.6. The zero-order valence-electron chi connectivity index (χ0n) is 8.16. The summed E-state index contributed by atoms with van der Waals surface area (Å²) in [5.74, 6) is 0.674. The standard InChI is InChI=1S/C9H13ClN2OS/c1-6(3-10)7(2)12-9(13)8-4-14-5-11-8/h4-7H,3H2,1-2H3,(H,12,13). The Morgan fingerprint density at radius 1 is 1.71 bits per heavy atom. The van der Waals surface area contributed by atoms with Crippen LogP contribution < -0.4 is 5.32 Å². The van der Waals surface area contributed by atoms with E-state index in [0.29, 0.717) is 11.6 Å². The van der Waals surface area contributed by atoms with Crippen molar-refractivity contribution in [1.29, 1.82) is 0 Å². The van der Waals surface area contributed by atoms with Gasteiger partial charge in [-0.3, -0.25) is 4.79 Å². The summed E-state index contributed by atoms with van der Waals surface area (Å²) >= 11 is 7.10. The van der Waals surface area contributed by atoms with E-state index in [1.807, 2.05) is 13.8 Å². The first-order valence-electron chi connectivity index (χ1n) is 4.40. The normalized spacial score (nSPS) is 14.8. The molecule has 0 aromatic carbocycles. The molecule has 0 aliphatic carbocycles. The number of hydrogen-bond acceptors (Lipinski definition) is 3. The second-order valence-electron chi connectivity index (χ2n) is 3.27. The Balaban J connectivity index is 2.49. The van der Waals surface area contributed by atoms with Crippen molar-refractivity contribution in [3.63, 3.8) is 0 Å². The van der Waals surface area contributed by atoms with Crippen molar-refractivity contribution >= 4 is 28.8 Å². The molecule has 14 heavy (non-hydrogen) atoms. The van der Waals surface area contributed by atoms with E-state index in [4.69, 9.17) is 11.6 Å². The van der Waals surface area contributed by atoms with Gasteiger partial charge in [0, 0.05) is 17.3 Å². The smallest absolute Gasteiger partial charge is 0.270 e. The fourth-order valence-corrected chi connectivity index (χ4v) is 1.68. The van der Waals surface area contributed by atoms with Crippen molar-refractivity contribution in [2.75, 3.05) is 5.88 Å². The number of nitrogens with one attached hydrogen (secondary N) is 1. The van der Waals surface area contributed by atoms with Crippen molar-refractivity contribution in [2.45, 2.75) is 19.9 Å².